The van der Waals surface area contributed by atoms with Crippen LogP contribution in [0.25, 0.3) is 0 Å². The molecule has 1 rings (SSSR count). The molecule has 0 unspecified atom stereocenters. The van der Waals surface area contributed by atoms with Crippen LogP contribution < -0.4 is 0 Å². The number of nitriles is 1. The molecular weight excluding hydrogens is 286 g/mol. The van der Waals surface area contributed by atoms with Crippen molar-refractivity contribution in [2.45, 2.75) is 17.3 Å². The van der Waals surface area contributed by atoms with Gasteiger partial charge in [0.25, 0.3) is 0 Å². The lowest BCUT2D eigenvalue weighted by atomic mass is 10.1. The number of alkyl halides is 3. The summed E-state index contributed by atoms with van der Waals surface area (Å²) in [5.74, 6) is -2.45. The van der Waals surface area contributed by atoms with Gasteiger partial charge in [0, 0.05) is 0 Å². The zero-order valence-electron chi connectivity index (χ0n) is 9.55. The Morgan fingerprint density at radius 2 is 2.11 bits per heavy atom. The standard InChI is InChI=1S/C11H7F4NO2S/c1-2-18-10(17)7-4-3-6(5-16)8(12)9(7)19-11(13,14)15/h3-4H,2H2,1H3. The van der Waals surface area contributed by atoms with Crippen molar-refractivity contribution in [1.82, 2.24) is 0 Å². The van der Waals surface area contributed by atoms with Crippen molar-refractivity contribution >= 4 is 17.7 Å². The van der Waals surface area contributed by atoms with Gasteiger partial charge in [0.2, 0.25) is 0 Å². The van der Waals surface area contributed by atoms with Gasteiger partial charge in [0.15, 0.2) is 5.82 Å². The molecule has 0 atom stereocenters. The van der Waals surface area contributed by atoms with Crippen LogP contribution in [0.5, 0.6) is 0 Å². The van der Waals surface area contributed by atoms with E-state index in [0.717, 1.165) is 12.1 Å². The molecule has 0 aromatic heterocycles. The summed E-state index contributed by atoms with van der Waals surface area (Å²) in [6.45, 7) is 1.41. The van der Waals surface area contributed by atoms with E-state index in [4.69, 9.17) is 5.26 Å². The Morgan fingerprint density at radius 3 is 2.58 bits per heavy atom. The monoisotopic (exact) mass is 293 g/mol. The third-order valence-corrected chi connectivity index (χ3v) is 2.77. The van der Waals surface area contributed by atoms with Gasteiger partial charge in [-0.25, -0.2) is 9.18 Å². The summed E-state index contributed by atoms with van der Waals surface area (Å²) < 4.78 is 55.3. The van der Waals surface area contributed by atoms with Gasteiger partial charge in [0.05, 0.1) is 22.6 Å². The third-order valence-electron chi connectivity index (χ3n) is 1.93. The first kappa shape index (κ1) is 15.3. The molecule has 0 N–H and O–H groups in total. The summed E-state index contributed by atoms with van der Waals surface area (Å²) in [5.41, 5.74) is -5.91. The van der Waals surface area contributed by atoms with E-state index in [9.17, 15) is 22.4 Å². The number of rotatable bonds is 3. The van der Waals surface area contributed by atoms with Crippen molar-refractivity contribution in [3.05, 3.63) is 29.1 Å². The highest BCUT2D eigenvalue weighted by molar-refractivity contribution is 8.00. The van der Waals surface area contributed by atoms with Crippen LogP contribution in [0.3, 0.4) is 0 Å². The molecule has 0 radical (unpaired) electrons. The molecule has 1 aromatic carbocycles. The van der Waals surface area contributed by atoms with Crippen LogP contribution in [-0.2, 0) is 4.74 Å². The van der Waals surface area contributed by atoms with E-state index >= 15 is 0 Å². The van der Waals surface area contributed by atoms with E-state index in [1.165, 1.54) is 13.0 Å². The smallest absolute Gasteiger partial charge is 0.446 e. The second-order valence-corrected chi connectivity index (χ2v) is 4.26. The van der Waals surface area contributed by atoms with Gasteiger partial charge < -0.3 is 4.74 Å². The molecule has 19 heavy (non-hydrogen) atoms. The normalized spacial score (nSPS) is 10.9. The van der Waals surface area contributed by atoms with Gasteiger partial charge in [-0.15, -0.1) is 0 Å². The maximum absolute atomic E-state index is 13.7. The zero-order valence-corrected chi connectivity index (χ0v) is 10.4. The Bertz CT molecular complexity index is 537. The minimum absolute atomic E-state index is 0.0590. The van der Waals surface area contributed by atoms with Crippen LogP contribution in [0.2, 0.25) is 0 Å². The molecule has 8 heteroatoms. The van der Waals surface area contributed by atoms with Gasteiger partial charge in [-0.2, -0.15) is 18.4 Å². The van der Waals surface area contributed by atoms with Crippen molar-refractivity contribution in [3.63, 3.8) is 0 Å². The number of benzene rings is 1. The van der Waals surface area contributed by atoms with Crippen LogP contribution in [0.1, 0.15) is 22.8 Å². The van der Waals surface area contributed by atoms with Gasteiger partial charge in [0.1, 0.15) is 6.07 Å². The van der Waals surface area contributed by atoms with Crippen molar-refractivity contribution in [2.75, 3.05) is 6.61 Å². The maximum Gasteiger partial charge on any atom is 0.446 e. The average Bonchev–Trinajstić information content (AvgIpc) is 2.30. The van der Waals surface area contributed by atoms with Crippen molar-refractivity contribution in [2.24, 2.45) is 0 Å². The van der Waals surface area contributed by atoms with Crippen LogP contribution in [0, 0.1) is 17.1 Å². The second-order valence-electron chi connectivity index (χ2n) is 3.18. The van der Waals surface area contributed by atoms with E-state index in [0.29, 0.717) is 0 Å². The van der Waals surface area contributed by atoms with Crippen molar-refractivity contribution < 1.29 is 27.1 Å². The first-order valence-corrected chi connectivity index (χ1v) is 5.77. The zero-order chi connectivity index (χ0) is 14.6. The Morgan fingerprint density at radius 1 is 1.47 bits per heavy atom. The van der Waals surface area contributed by atoms with E-state index in [1.807, 2.05) is 0 Å². The molecular formula is C11H7F4NO2S. The Kier molecular flexibility index (Phi) is 4.78. The average molecular weight is 293 g/mol. The lowest BCUT2D eigenvalue weighted by Crippen LogP contribution is -2.11. The number of nitrogens with zero attached hydrogens (tertiary/aromatic N) is 1. The van der Waals surface area contributed by atoms with Crippen LogP contribution in [-0.4, -0.2) is 18.1 Å². The molecule has 0 heterocycles. The molecule has 0 spiro atoms. The van der Waals surface area contributed by atoms with E-state index in [1.54, 1.807) is 0 Å². The van der Waals surface area contributed by atoms with Gasteiger partial charge in [-0.3, -0.25) is 0 Å². The van der Waals surface area contributed by atoms with Gasteiger partial charge in [-0.1, -0.05) is 0 Å². The lowest BCUT2D eigenvalue weighted by molar-refractivity contribution is -0.0329. The highest BCUT2D eigenvalue weighted by Crippen LogP contribution is 2.40. The summed E-state index contributed by atoms with van der Waals surface area (Å²) in [6, 6.07) is 3.28. The predicted octanol–water partition coefficient (Wildman–Crippen LogP) is 3.49. The summed E-state index contributed by atoms with van der Waals surface area (Å²) in [7, 11) is 0. The van der Waals surface area contributed by atoms with Gasteiger partial charge >= 0.3 is 11.5 Å². The number of esters is 1. The lowest BCUT2D eigenvalue weighted by Gasteiger charge is -2.12. The molecule has 102 valence electrons. The highest BCUT2D eigenvalue weighted by atomic mass is 32.2. The molecule has 1 aromatic rings. The number of carbonyl (C=O) groups is 1. The fraction of sp³-hybridized carbons (Fsp3) is 0.273. The number of ether oxygens (including phenoxy) is 1. The minimum Gasteiger partial charge on any atom is -0.462 e. The van der Waals surface area contributed by atoms with Crippen molar-refractivity contribution in [1.29, 1.82) is 5.26 Å². The van der Waals surface area contributed by atoms with Crippen LogP contribution in [0.15, 0.2) is 17.0 Å². The van der Waals surface area contributed by atoms with Crippen molar-refractivity contribution in [3.8, 4) is 6.07 Å². The summed E-state index contributed by atoms with van der Waals surface area (Å²) in [5, 5.41) is 8.58. The second kappa shape index (κ2) is 5.93. The minimum atomic E-state index is -4.78. The Labute approximate surface area is 110 Å². The predicted molar refractivity (Wildman–Crippen MR) is 59.0 cm³/mol. The van der Waals surface area contributed by atoms with Gasteiger partial charge in [-0.05, 0) is 30.8 Å². The molecule has 0 aliphatic rings. The van der Waals surface area contributed by atoms with Crippen LogP contribution >= 0.6 is 11.8 Å². The Balaban J connectivity index is 3.35. The first-order chi connectivity index (χ1) is 8.80. The maximum atomic E-state index is 13.7. The molecule has 3 nitrogen and oxygen atoms in total. The largest absolute Gasteiger partial charge is 0.462 e. The quantitative estimate of drug-likeness (QED) is 0.486. The Hall–Kier alpha value is -1.75. The number of thioether (sulfide) groups is 1. The SMILES string of the molecule is CCOC(=O)c1ccc(C#N)c(F)c1SC(F)(F)F. The molecule has 0 amide bonds. The summed E-state index contributed by atoms with van der Waals surface area (Å²) >= 11 is -0.789. The first-order valence-electron chi connectivity index (χ1n) is 4.95. The number of halogens is 4. The molecule has 0 bridgehead atoms. The summed E-state index contributed by atoms with van der Waals surface area (Å²) in [4.78, 5) is 10.5. The molecule has 0 saturated heterocycles. The fourth-order valence-corrected chi connectivity index (χ4v) is 1.92. The van der Waals surface area contributed by atoms with E-state index in [-0.39, 0.29) is 6.61 Å². The van der Waals surface area contributed by atoms with E-state index in [2.05, 4.69) is 4.74 Å². The number of hydrogen-bond donors (Lipinski definition) is 0. The third kappa shape index (κ3) is 3.86. The highest BCUT2D eigenvalue weighted by Gasteiger charge is 2.34. The number of hydrogen-bond acceptors (Lipinski definition) is 4. The fourth-order valence-electron chi connectivity index (χ4n) is 1.23. The van der Waals surface area contributed by atoms with E-state index < -0.39 is 45.1 Å². The molecule has 0 aliphatic heterocycles. The number of carbonyl (C=O) groups excluding carboxylic acids is 1. The summed E-state index contributed by atoms with van der Waals surface area (Å²) in [6.07, 6.45) is 0. The molecule has 0 saturated carbocycles. The molecule has 0 aliphatic carbocycles. The molecule has 0 fully saturated rings. The van der Waals surface area contributed by atoms with Crippen LogP contribution in [0.4, 0.5) is 17.6 Å². The topological polar surface area (TPSA) is 50.1 Å².